The number of aromatic nitrogens is 1. The maximum Gasteiger partial charge on any atom is 0.271 e. The maximum atomic E-state index is 12.7. The van der Waals surface area contributed by atoms with Gasteiger partial charge in [-0.2, -0.15) is 0 Å². The highest BCUT2D eigenvalue weighted by Crippen LogP contribution is 2.16. The molecule has 0 unspecified atom stereocenters. The van der Waals surface area contributed by atoms with E-state index in [0.29, 0.717) is 28.2 Å². The van der Waals surface area contributed by atoms with Crippen LogP contribution in [0.15, 0.2) is 64.4 Å². The lowest BCUT2D eigenvalue weighted by molar-refractivity contribution is 0.474. The van der Waals surface area contributed by atoms with Crippen molar-refractivity contribution < 1.29 is 5.11 Å². The number of thiazole rings is 1. The first-order valence-corrected chi connectivity index (χ1v) is 8.38. The van der Waals surface area contributed by atoms with E-state index in [1.807, 2.05) is 41.3 Å². The van der Waals surface area contributed by atoms with Crippen molar-refractivity contribution in [2.75, 3.05) is 11.6 Å². The molecule has 120 valence electrons. The average Bonchev–Trinajstić information content (AvgIpc) is 2.93. The van der Waals surface area contributed by atoms with Crippen molar-refractivity contribution in [3.63, 3.8) is 0 Å². The van der Waals surface area contributed by atoms with Gasteiger partial charge in [-0.05, 0) is 24.3 Å². The second-order valence-corrected chi connectivity index (χ2v) is 6.51. The van der Waals surface area contributed by atoms with Gasteiger partial charge in [-0.25, -0.2) is 4.99 Å². The fourth-order valence-corrected chi connectivity index (χ4v) is 3.62. The third-order valence-corrected chi connectivity index (χ3v) is 4.97. The molecule has 2 aromatic carbocycles. The van der Waals surface area contributed by atoms with Crippen LogP contribution in [0.4, 0.5) is 5.69 Å². The minimum absolute atomic E-state index is 0.0809. The Bertz CT molecular complexity index is 1050. The van der Waals surface area contributed by atoms with Gasteiger partial charge in [-0.1, -0.05) is 47.7 Å². The summed E-state index contributed by atoms with van der Waals surface area (Å²) >= 11 is 1.35. The smallest absolute Gasteiger partial charge is 0.271 e. The first-order chi connectivity index (χ1) is 11.7. The fraction of sp³-hybridized carbons (Fsp3) is 0.111. The minimum Gasteiger partial charge on any atom is -0.507 e. The van der Waals surface area contributed by atoms with Crippen LogP contribution in [0.5, 0.6) is 5.75 Å². The molecule has 0 atom stereocenters. The van der Waals surface area contributed by atoms with Gasteiger partial charge in [0.25, 0.3) is 5.56 Å². The van der Waals surface area contributed by atoms with Crippen LogP contribution >= 0.6 is 11.3 Å². The molecule has 3 aromatic rings. The van der Waals surface area contributed by atoms with E-state index in [4.69, 9.17) is 0 Å². The summed E-state index contributed by atoms with van der Waals surface area (Å²) in [5.41, 5.74) is 1.59. The maximum absolute atomic E-state index is 12.7. The van der Waals surface area contributed by atoms with Gasteiger partial charge in [0.05, 0.1) is 4.53 Å². The van der Waals surface area contributed by atoms with Gasteiger partial charge >= 0.3 is 0 Å². The number of hydrogen-bond donors (Lipinski definition) is 1. The number of hydrogen-bond acceptors (Lipinski definition) is 5. The third-order valence-electron chi connectivity index (χ3n) is 3.92. The van der Waals surface area contributed by atoms with Crippen molar-refractivity contribution in [3.05, 3.63) is 79.8 Å². The first-order valence-electron chi connectivity index (χ1n) is 7.56. The molecule has 0 saturated carbocycles. The highest BCUT2D eigenvalue weighted by Gasteiger charge is 2.15. The Labute approximate surface area is 142 Å². The molecule has 24 heavy (non-hydrogen) atoms. The topological polar surface area (TPSA) is 57.8 Å². The highest BCUT2D eigenvalue weighted by molar-refractivity contribution is 7.07. The zero-order valence-electron chi connectivity index (χ0n) is 12.8. The number of aromatic hydroxyl groups is 1. The normalized spacial score (nSPS) is 14.3. The molecule has 0 fully saturated rings. The van der Waals surface area contributed by atoms with Crippen LogP contribution in [0.3, 0.4) is 0 Å². The van der Waals surface area contributed by atoms with Crippen molar-refractivity contribution in [2.24, 2.45) is 4.99 Å². The molecular weight excluding hydrogens is 322 g/mol. The molecule has 0 saturated heterocycles. The molecule has 1 aromatic heterocycles. The lowest BCUT2D eigenvalue weighted by atomic mass is 10.2. The van der Waals surface area contributed by atoms with Gasteiger partial charge in [0.2, 0.25) is 0 Å². The van der Waals surface area contributed by atoms with Crippen LogP contribution in [-0.2, 0) is 6.67 Å². The second kappa shape index (κ2) is 5.98. The van der Waals surface area contributed by atoms with E-state index in [1.54, 1.807) is 28.8 Å². The Morgan fingerprint density at radius 3 is 2.62 bits per heavy atom. The van der Waals surface area contributed by atoms with E-state index in [9.17, 15) is 9.90 Å². The van der Waals surface area contributed by atoms with Gasteiger partial charge in [-0.3, -0.25) is 9.36 Å². The van der Waals surface area contributed by atoms with E-state index >= 15 is 0 Å². The Balaban J connectivity index is 1.76. The van der Waals surface area contributed by atoms with Crippen molar-refractivity contribution in [1.82, 2.24) is 4.57 Å². The number of para-hydroxylation sites is 2. The Morgan fingerprint density at radius 2 is 1.83 bits per heavy atom. The van der Waals surface area contributed by atoms with E-state index in [-0.39, 0.29) is 11.3 Å². The number of benzene rings is 2. The summed E-state index contributed by atoms with van der Waals surface area (Å²) in [6.45, 7) is 1.01. The molecule has 6 heteroatoms. The fourth-order valence-electron chi connectivity index (χ4n) is 2.66. The first kappa shape index (κ1) is 14.7. The SMILES string of the molecule is O=c1c(=Cc2ccccc2O)sc2n1CN(c1ccccc1)CN=2. The van der Waals surface area contributed by atoms with E-state index in [1.165, 1.54) is 11.3 Å². The highest BCUT2D eigenvalue weighted by atomic mass is 32.1. The predicted octanol–water partition coefficient (Wildman–Crippen LogP) is 1.50. The third kappa shape index (κ3) is 2.61. The Morgan fingerprint density at radius 1 is 1.08 bits per heavy atom. The van der Waals surface area contributed by atoms with E-state index < -0.39 is 0 Å². The summed E-state index contributed by atoms with van der Waals surface area (Å²) in [6.07, 6.45) is 1.72. The van der Waals surface area contributed by atoms with E-state index in [0.717, 1.165) is 5.69 Å². The number of nitrogens with zero attached hydrogens (tertiary/aromatic N) is 3. The molecule has 1 N–H and O–H groups in total. The standard InChI is InChI=1S/C18H15N3O2S/c22-15-9-5-4-6-13(15)10-16-17(23)21-12-20(11-19-18(21)24-16)14-7-2-1-3-8-14/h1-10,22H,11-12H2. The van der Waals surface area contributed by atoms with Crippen LogP contribution in [0.2, 0.25) is 0 Å². The molecule has 5 nitrogen and oxygen atoms in total. The average molecular weight is 337 g/mol. The number of anilines is 1. The summed E-state index contributed by atoms with van der Waals surface area (Å²) < 4.78 is 2.25. The van der Waals surface area contributed by atoms with Gasteiger partial charge in [0.15, 0.2) is 4.80 Å². The van der Waals surface area contributed by atoms with Crippen LogP contribution in [0.25, 0.3) is 6.08 Å². The Kier molecular flexibility index (Phi) is 3.66. The monoisotopic (exact) mass is 337 g/mol. The van der Waals surface area contributed by atoms with Crippen molar-refractivity contribution in [3.8, 4) is 5.75 Å². The van der Waals surface area contributed by atoms with Crippen LogP contribution in [0, 0.1) is 0 Å². The number of rotatable bonds is 2. The van der Waals surface area contributed by atoms with Gasteiger partial charge < -0.3 is 10.0 Å². The molecule has 2 heterocycles. The second-order valence-electron chi connectivity index (χ2n) is 5.50. The Hall–Kier alpha value is -2.86. The predicted molar refractivity (Wildman–Crippen MR) is 94.8 cm³/mol. The van der Waals surface area contributed by atoms with Crippen LogP contribution in [0.1, 0.15) is 5.56 Å². The number of phenolic OH excluding ortho intramolecular Hbond substituents is 1. The summed E-state index contributed by atoms with van der Waals surface area (Å²) in [5.74, 6) is 0.163. The van der Waals surface area contributed by atoms with E-state index in [2.05, 4.69) is 4.99 Å². The number of phenols is 1. The zero-order chi connectivity index (χ0) is 16.5. The molecule has 0 amide bonds. The molecule has 0 bridgehead atoms. The molecule has 0 aliphatic carbocycles. The van der Waals surface area contributed by atoms with Crippen molar-refractivity contribution in [1.29, 1.82) is 0 Å². The lowest BCUT2D eigenvalue weighted by Gasteiger charge is -2.25. The number of fused-ring (bicyclic) bond motifs is 1. The van der Waals surface area contributed by atoms with Crippen molar-refractivity contribution >= 4 is 23.1 Å². The lowest BCUT2D eigenvalue weighted by Crippen LogP contribution is -2.42. The van der Waals surface area contributed by atoms with Gasteiger partial charge in [-0.15, -0.1) is 0 Å². The van der Waals surface area contributed by atoms with Gasteiger partial charge in [0, 0.05) is 11.3 Å². The summed E-state index contributed by atoms with van der Waals surface area (Å²) in [6, 6.07) is 16.9. The molecule has 1 aliphatic rings. The quantitative estimate of drug-likeness (QED) is 0.771. The largest absolute Gasteiger partial charge is 0.507 e. The summed E-state index contributed by atoms with van der Waals surface area (Å²) in [4.78, 5) is 20.0. The molecule has 0 radical (unpaired) electrons. The molecular formula is C18H15N3O2S. The molecule has 1 aliphatic heterocycles. The van der Waals surface area contributed by atoms with Gasteiger partial charge in [0.1, 0.15) is 19.1 Å². The minimum atomic E-state index is -0.0809. The molecule has 0 spiro atoms. The van der Waals surface area contributed by atoms with Crippen molar-refractivity contribution in [2.45, 2.75) is 6.67 Å². The van der Waals surface area contributed by atoms with Crippen LogP contribution < -0.4 is 19.8 Å². The summed E-state index contributed by atoms with van der Waals surface area (Å²) in [7, 11) is 0. The zero-order valence-corrected chi connectivity index (χ0v) is 13.6. The summed E-state index contributed by atoms with van der Waals surface area (Å²) in [5, 5.41) is 9.89. The molecule has 4 rings (SSSR count). The van der Waals surface area contributed by atoms with Crippen LogP contribution in [-0.4, -0.2) is 16.3 Å².